The second-order valence-electron chi connectivity index (χ2n) is 9.76. The van der Waals surface area contributed by atoms with E-state index in [2.05, 4.69) is 46.0 Å². The van der Waals surface area contributed by atoms with Crippen LogP contribution in [0.1, 0.15) is 28.8 Å². The lowest BCUT2D eigenvalue weighted by Gasteiger charge is -2.37. The zero-order valence-electron chi connectivity index (χ0n) is 22.1. The second-order valence-corrected chi connectivity index (χ2v) is 10.6. The number of nitrogens with zero attached hydrogens (tertiary/aromatic N) is 4. The average molecular weight is 532 g/mol. The van der Waals surface area contributed by atoms with Crippen LogP contribution in [0, 0.1) is 6.92 Å². The fourth-order valence-corrected chi connectivity index (χ4v) is 5.81. The molecule has 9 nitrogen and oxygen atoms in total. The van der Waals surface area contributed by atoms with Crippen molar-refractivity contribution < 1.29 is 9.53 Å². The first-order valence-corrected chi connectivity index (χ1v) is 13.5. The second kappa shape index (κ2) is 10.8. The number of benzene rings is 2. The zero-order chi connectivity index (χ0) is 26.8. The number of nitrogens with two attached hydrogens (primary N) is 1. The molecule has 1 fully saturated rings. The molecule has 2 aromatic heterocycles. The zero-order valence-corrected chi connectivity index (χ0v) is 22.9. The van der Waals surface area contributed by atoms with E-state index in [1.807, 2.05) is 25.1 Å². The number of hydrogen-bond donors (Lipinski definition) is 3. The van der Waals surface area contributed by atoms with Crippen LogP contribution in [-0.2, 0) is 0 Å². The van der Waals surface area contributed by atoms with E-state index >= 15 is 0 Å². The summed E-state index contributed by atoms with van der Waals surface area (Å²) in [6.45, 7) is 4.02. The summed E-state index contributed by atoms with van der Waals surface area (Å²) in [7, 11) is 6.00. The highest BCUT2D eigenvalue weighted by atomic mass is 32.1. The van der Waals surface area contributed by atoms with Crippen molar-refractivity contribution in [3.8, 4) is 5.75 Å². The number of ether oxygens (including phenoxy) is 1. The van der Waals surface area contributed by atoms with Crippen molar-refractivity contribution in [2.24, 2.45) is 5.73 Å². The number of aromatic nitrogens is 2. The minimum atomic E-state index is -0.477. The molecule has 1 saturated heterocycles. The van der Waals surface area contributed by atoms with E-state index in [1.165, 1.54) is 0 Å². The molecule has 0 unspecified atom stereocenters. The van der Waals surface area contributed by atoms with E-state index in [9.17, 15) is 4.79 Å². The Hall–Kier alpha value is -3.89. The van der Waals surface area contributed by atoms with Crippen LogP contribution < -0.4 is 26.0 Å². The SMILES string of the molecule is COc1cc(Nc2nc(Nc3cccc(C(N)=O)c3)c3c(C)csc3n2)ccc1N1CCC(N(C)C)CC1. The normalized spacial score (nSPS) is 14.2. The first-order chi connectivity index (χ1) is 18.3. The van der Waals surface area contributed by atoms with Crippen LogP contribution in [-0.4, -0.2) is 61.1 Å². The van der Waals surface area contributed by atoms with Crippen LogP contribution in [0.4, 0.5) is 28.8 Å². The third kappa shape index (κ3) is 5.36. The Kier molecular flexibility index (Phi) is 7.35. The van der Waals surface area contributed by atoms with E-state index in [-0.39, 0.29) is 0 Å². The number of methoxy groups -OCH3 is 1. The van der Waals surface area contributed by atoms with Crippen molar-refractivity contribution in [3.63, 3.8) is 0 Å². The van der Waals surface area contributed by atoms with Gasteiger partial charge in [0, 0.05) is 42.1 Å². The summed E-state index contributed by atoms with van der Waals surface area (Å²) in [5.74, 6) is 1.46. The predicted octanol–water partition coefficient (Wildman–Crippen LogP) is 5.12. The third-order valence-corrected chi connectivity index (χ3v) is 7.99. The number of carbonyl (C=O) groups excluding carboxylic acids is 1. The van der Waals surface area contributed by atoms with Gasteiger partial charge in [0.15, 0.2) is 0 Å². The van der Waals surface area contributed by atoms with Gasteiger partial charge in [0.25, 0.3) is 0 Å². The largest absolute Gasteiger partial charge is 0.495 e. The topological polar surface area (TPSA) is 109 Å². The Morgan fingerprint density at radius 1 is 1.11 bits per heavy atom. The van der Waals surface area contributed by atoms with Gasteiger partial charge in [0.05, 0.1) is 18.2 Å². The van der Waals surface area contributed by atoms with Gasteiger partial charge in [-0.3, -0.25) is 4.79 Å². The molecule has 0 saturated carbocycles. The maximum absolute atomic E-state index is 11.7. The van der Waals surface area contributed by atoms with E-state index in [0.29, 0.717) is 23.4 Å². The van der Waals surface area contributed by atoms with Gasteiger partial charge in [0.1, 0.15) is 16.4 Å². The lowest BCUT2D eigenvalue weighted by Crippen LogP contribution is -2.42. The number of carbonyl (C=O) groups is 1. The molecule has 4 aromatic rings. The van der Waals surface area contributed by atoms with Crippen molar-refractivity contribution in [2.45, 2.75) is 25.8 Å². The number of anilines is 5. The molecule has 1 amide bonds. The number of thiophene rings is 1. The standard InChI is InChI=1S/C28H33N7O2S/c1-17-16-38-27-24(17)26(30-19-7-5-6-18(14-19)25(29)36)32-28(33-27)31-20-8-9-22(23(15-20)37-4)35-12-10-21(11-13-35)34(2)3/h5-9,14-16,21H,10-13H2,1-4H3,(H2,29,36)(H2,30,31,32,33). The van der Waals surface area contributed by atoms with Gasteiger partial charge in [-0.25, -0.2) is 4.98 Å². The van der Waals surface area contributed by atoms with Crippen molar-refractivity contribution in [1.82, 2.24) is 14.9 Å². The number of hydrogen-bond acceptors (Lipinski definition) is 9. The molecule has 0 atom stereocenters. The van der Waals surface area contributed by atoms with Crippen molar-refractivity contribution in [3.05, 3.63) is 59.0 Å². The van der Waals surface area contributed by atoms with E-state index < -0.39 is 5.91 Å². The van der Waals surface area contributed by atoms with Gasteiger partial charge in [0.2, 0.25) is 11.9 Å². The van der Waals surface area contributed by atoms with Crippen LogP contribution in [0.15, 0.2) is 47.8 Å². The molecular weight excluding hydrogens is 498 g/mol. The first-order valence-electron chi connectivity index (χ1n) is 12.6. The van der Waals surface area contributed by atoms with Gasteiger partial charge in [-0.1, -0.05) is 6.07 Å². The van der Waals surface area contributed by atoms with Crippen molar-refractivity contribution >= 4 is 56.3 Å². The van der Waals surface area contributed by atoms with Crippen LogP contribution in [0.5, 0.6) is 5.75 Å². The maximum atomic E-state index is 11.7. The molecule has 198 valence electrons. The van der Waals surface area contributed by atoms with Crippen LogP contribution in [0.3, 0.4) is 0 Å². The lowest BCUT2D eigenvalue weighted by atomic mass is 10.0. The molecule has 4 N–H and O–H groups in total. The van der Waals surface area contributed by atoms with E-state index in [4.69, 9.17) is 20.4 Å². The number of nitrogens with one attached hydrogen (secondary N) is 2. The summed E-state index contributed by atoms with van der Waals surface area (Å²) in [5, 5.41) is 9.71. The van der Waals surface area contributed by atoms with Crippen LogP contribution >= 0.6 is 11.3 Å². The molecule has 5 rings (SSSR count). The molecule has 38 heavy (non-hydrogen) atoms. The molecule has 0 bridgehead atoms. The molecule has 1 aliphatic rings. The highest BCUT2D eigenvalue weighted by Crippen LogP contribution is 2.36. The molecule has 0 aliphatic carbocycles. The first kappa shape index (κ1) is 25.7. The van der Waals surface area contributed by atoms with Crippen LogP contribution in [0.2, 0.25) is 0 Å². The number of fused-ring (bicyclic) bond motifs is 1. The molecule has 1 aliphatic heterocycles. The summed E-state index contributed by atoms with van der Waals surface area (Å²) < 4.78 is 5.78. The monoisotopic (exact) mass is 531 g/mol. The quantitative estimate of drug-likeness (QED) is 0.287. The molecule has 10 heteroatoms. The maximum Gasteiger partial charge on any atom is 0.248 e. The number of piperidine rings is 1. The number of amides is 1. The fourth-order valence-electron chi connectivity index (χ4n) is 4.89. The van der Waals surface area contributed by atoms with Gasteiger partial charge in [-0.2, -0.15) is 4.98 Å². The minimum absolute atomic E-state index is 0.429. The molecule has 0 spiro atoms. The number of rotatable bonds is 8. The van der Waals surface area contributed by atoms with Gasteiger partial charge in [-0.15, -0.1) is 11.3 Å². The lowest BCUT2D eigenvalue weighted by molar-refractivity contribution is 0.100. The summed E-state index contributed by atoms with van der Waals surface area (Å²) in [6.07, 6.45) is 2.25. The Morgan fingerprint density at radius 2 is 1.87 bits per heavy atom. The predicted molar refractivity (Wildman–Crippen MR) is 156 cm³/mol. The Balaban J connectivity index is 1.41. The molecule has 3 heterocycles. The molecule has 2 aromatic carbocycles. The highest BCUT2D eigenvalue weighted by Gasteiger charge is 2.23. The summed E-state index contributed by atoms with van der Waals surface area (Å²) >= 11 is 1.56. The van der Waals surface area contributed by atoms with Gasteiger partial charge >= 0.3 is 0 Å². The van der Waals surface area contributed by atoms with Crippen molar-refractivity contribution in [1.29, 1.82) is 0 Å². The summed E-state index contributed by atoms with van der Waals surface area (Å²) in [4.78, 5) is 26.8. The Morgan fingerprint density at radius 3 is 2.58 bits per heavy atom. The third-order valence-electron chi connectivity index (χ3n) is 7.00. The average Bonchev–Trinajstić information content (AvgIpc) is 3.29. The van der Waals surface area contributed by atoms with Crippen LogP contribution in [0.25, 0.3) is 10.2 Å². The Bertz CT molecular complexity index is 1460. The highest BCUT2D eigenvalue weighted by molar-refractivity contribution is 7.17. The molecular formula is C28H33N7O2S. The minimum Gasteiger partial charge on any atom is -0.495 e. The van der Waals surface area contributed by atoms with Crippen molar-refractivity contribution in [2.75, 3.05) is 49.8 Å². The van der Waals surface area contributed by atoms with Gasteiger partial charge in [-0.05, 0) is 75.1 Å². The fraction of sp³-hybridized carbons (Fsp3) is 0.321. The Labute approximate surface area is 226 Å². The number of aryl methyl sites for hydroxylation is 1. The smallest absolute Gasteiger partial charge is 0.248 e. The van der Waals surface area contributed by atoms with E-state index in [0.717, 1.165) is 64.5 Å². The summed E-state index contributed by atoms with van der Waals surface area (Å²) in [6, 6.07) is 13.8. The molecule has 0 radical (unpaired) electrons. The van der Waals surface area contributed by atoms with Gasteiger partial charge < -0.3 is 30.9 Å². The number of primary amides is 1. The summed E-state index contributed by atoms with van der Waals surface area (Å²) in [5.41, 5.74) is 9.63. The van der Waals surface area contributed by atoms with E-state index in [1.54, 1.807) is 36.6 Å².